The van der Waals surface area contributed by atoms with Gasteiger partial charge in [-0.3, -0.25) is 4.79 Å². The number of carbonyl (C=O) groups excluding carboxylic acids is 1. The highest BCUT2D eigenvalue weighted by atomic mass is 16.3. The van der Waals surface area contributed by atoms with Crippen molar-refractivity contribution in [1.82, 2.24) is 15.5 Å². The van der Waals surface area contributed by atoms with Crippen LogP contribution in [0.5, 0.6) is 0 Å². The lowest BCUT2D eigenvalue weighted by atomic mass is 10.1. The molecule has 2 unspecified atom stereocenters. The monoisotopic (exact) mass is 250 g/mol. The Labute approximate surface area is 106 Å². The van der Waals surface area contributed by atoms with Gasteiger partial charge in [-0.15, -0.1) is 10.2 Å². The van der Waals surface area contributed by atoms with Crippen molar-refractivity contribution < 1.29 is 9.90 Å². The molecule has 6 nitrogen and oxygen atoms in total. The van der Waals surface area contributed by atoms with Crippen molar-refractivity contribution >= 4 is 11.7 Å². The number of nitrogens with zero attached hydrogens (tertiary/aromatic N) is 2. The SMILES string of the molecule is CNC(=O)c1ccc(NC2CCCC2CO)nn1. The molecule has 0 aromatic carbocycles. The lowest BCUT2D eigenvalue weighted by Crippen LogP contribution is -2.27. The smallest absolute Gasteiger partial charge is 0.271 e. The molecule has 18 heavy (non-hydrogen) atoms. The maximum Gasteiger partial charge on any atom is 0.271 e. The molecule has 1 heterocycles. The fourth-order valence-electron chi connectivity index (χ4n) is 2.29. The van der Waals surface area contributed by atoms with Crippen molar-refractivity contribution in [2.24, 2.45) is 5.92 Å². The first-order valence-corrected chi connectivity index (χ1v) is 6.18. The van der Waals surface area contributed by atoms with Gasteiger partial charge in [-0.2, -0.15) is 0 Å². The molecule has 1 aliphatic rings. The average molecular weight is 250 g/mol. The Kier molecular flexibility index (Phi) is 4.09. The number of nitrogens with one attached hydrogen (secondary N) is 2. The Morgan fingerprint density at radius 3 is 2.89 bits per heavy atom. The third-order valence-electron chi connectivity index (χ3n) is 3.35. The molecular formula is C12H18N4O2. The van der Waals surface area contributed by atoms with Crippen LogP contribution in [0.3, 0.4) is 0 Å². The summed E-state index contributed by atoms with van der Waals surface area (Å²) in [4.78, 5) is 11.3. The van der Waals surface area contributed by atoms with Crippen LogP contribution in [0.1, 0.15) is 29.8 Å². The molecule has 6 heteroatoms. The molecule has 2 atom stereocenters. The van der Waals surface area contributed by atoms with Crippen molar-refractivity contribution in [1.29, 1.82) is 0 Å². The van der Waals surface area contributed by atoms with Crippen LogP contribution in [0.4, 0.5) is 5.82 Å². The van der Waals surface area contributed by atoms with Crippen LogP contribution in [0, 0.1) is 5.92 Å². The van der Waals surface area contributed by atoms with Gasteiger partial charge in [-0.25, -0.2) is 0 Å². The van der Waals surface area contributed by atoms with Gasteiger partial charge in [0.15, 0.2) is 5.69 Å². The molecule has 0 saturated heterocycles. The Morgan fingerprint density at radius 1 is 1.44 bits per heavy atom. The molecule has 0 spiro atoms. The number of aliphatic hydroxyl groups is 1. The van der Waals surface area contributed by atoms with Crippen molar-refractivity contribution in [3.63, 3.8) is 0 Å². The Morgan fingerprint density at radius 2 is 2.28 bits per heavy atom. The zero-order valence-corrected chi connectivity index (χ0v) is 10.4. The number of aliphatic hydroxyl groups excluding tert-OH is 1. The summed E-state index contributed by atoms with van der Waals surface area (Å²) < 4.78 is 0. The van der Waals surface area contributed by atoms with Crippen LogP contribution in [0.2, 0.25) is 0 Å². The molecule has 0 aliphatic heterocycles. The minimum atomic E-state index is -0.247. The van der Waals surface area contributed by atoms with E-state index < -0.39 is 0 Å². The summed E-state index contributed by atoms with van der Waals surface area (Å²) in [6.07, 6.45) is 3.19. The summed E-state index contributed by atoms with van der Waals surface area (Å²) in [5.41, 5.74) is 0.299. The average Bonchev–Trinajstić information content (AvgIpc) is 2.86. The first-order valence-electron chi connectivity index (χ1n) is 6.18. The molecule has 1 aromatic rings. The van der Waals surface area contributed by atoms with Crippen LogP contribution < -0.4 is 10.6 Å². The Balaban J connectivity index is 2.00. The molecule has 1 saturated carbocycles. The third kappa shape index (κ3) is 2.76. The van der Waals surface area contributed by atoms with E-state index in [0.717, 1.165) is 19.3 Å². The highest BCUT2D eigenvalue weighted by molar-refractivity contribution is 5.91. The largest absolute Gasteiger partial charge is 0.396 e. The molecule has 1 aromatic heterocycles. The number of amides is 1. The van der Waals surface area contributed by atoms with Crippen molar-refractivity contribution in [2.75, 3.05) is 19.0 Å². The number of anilines is 1. The van der Waals surface area contributed by atoms with Gasteiger partial charge in [0.25, 0.3) is 5.91 Å². The molecular weight excluding hydrogens is 232 g/mol. The summed E-state index contributed by atoms with van der Waals surface area (Å²) in [5, 5.41) is 22.8. The maximum atomic E-state index is 11.3. The Hall–Kier alpha value is -1.69. The van der Waals surface area contributed by atoms with Gasteiger partial charge in [0.2, 0.25) is 0 Å². The first-order chi connectivity index (χ1) is 8.74. The summed E-state index contributed by atoms with van der Waals surface area (Å²) in [6, 6.07) is 3.62. The Bertz CT molecular complexity index is 407. The zero-order valence-electron chi connectivity index (χ0n) is 10.4. The second kappa shape index (κ2) is 5.77. The number of rotatable bonds is 4. The second-order valence-corrected chi connectivity index (χ2v) is 4.51. The first kappa shape index (κ1) is 12.8. The van der Waals surface area contributed by atoms with Gasteiger partial charge < -0.3 is 15.7 Å². The second-order valence-electron chi connectivity index (χ2n) is 4.51. The van der Waals surface area contributed by atoms with E-state index in [1.807, 2.05) is 0 Å². The fraction of sp³-hybridized carbons (Fsp3) is 0.583. The normalized spacial score (nSPS) is 22.8. The van der Waals surface area contributed by atoms with Crippen LogP contribution in [0.15, 0.2) is 12.1 Å². The van der Waals surface area contributed by atoms with E-state index in [9.17, 15) is 9.90 Å². The lowest BCUT2D eigenvalue weighted by Gasteiger charge is -2.19. The van der Waals surface area contributed by atoms with Crippen molar-refractivity contribution in [2.45, 2.75) is 25.3 Å². The summed E-state index contributed by atoms with van der Waals surface area (Å²) in [7, 11) is 1.56. The third-order valence-corrected chi connectivity index (χ3v) is 3.35. The van der Waals surface area contributed by atoms with Crippen LogP contribution in [0.25, 0.3) is 0 Å². The van der Waals surface area contributed by atoms with Gasteiger partial charge in [-0.05, 0) is 25.0 Å². The summed E-state index contributed by atoms with van der Waals surface area (Å²) in [6.45, 7) is 0.196. The molecule has 1 fully saturated rings. The quantitative estimate of drug-likeness (QED) is 0.720. The molecule has 1 aliphatic carbocycles. The minimum Gasteiger partial charge on any atom is -0.396 e. The van der Waals surface area contributed by atoms with E-state index >= 15 is 0 Å². The van der Waals surface area contributed by atoms with E-state index in [1.54, 1.807) is 19.2 Å². The van der Waals surface area contributed by atoms with Crippen molar-refractivity contribution in [3.8, 4) is 0 Å². The van der Waals surface area contributed by atoms with Crippen LogP contribution in [-0.2, 0) is 0 Å². The number of aromatic nitrogens is 2. The van der Waals surface area contributed by atoms with Gasteiger partial charge in [0.05, 0.1) is 0 Å². The van der Waals surface area contributed by atoms with Gasteiger partial charge in [0, 0.05) is 25.6 Å². The topological polar surface area (TPSA) is 87.1 Å². The molecule has 1 amide bonds. The summed E-state index contributed by atoms with van der Waals surface area (Å²) >= 11 is 0. The van der Waals surface area contributed by atoms with E-state index in [0.29, 0.717) is 11.5 Å². The number of carbonyl (C=O) groups is 1. The minimum absolute atomic E-state index is 0.196. The van der Waals surface area contributed by atoms with E-state index in [-0.39, 0.29) is 24.5 Å². The molecule has 0 radical (unpaired) electrons. The number of hydrogen-bond acceptors (Lipinski definition) is 5. The van der Waals surface area contributed by atoms with E-state index in [4.69, 9.17) is 0 Å². The standard InChI is InChI=1S/C12H18N4O2/c1-13-12(18)10-5-6-11(16-15-10)14-9-4-2-3-8(9)7-17/h5-6,8-9,17H,2-4,7H2,1H3,(H,13,18)(H,14,16). The van der Waals surface area contributed by atoms with E-state index in [1.165, 1.54) is 0 Å². The lowest BCUT2D eigenvalue weighted by molar-refractivity contribution is 0.0957. The van der Waals surface area contributed by atoms with E-state index in [2.05, 4.69) is 20.8 Å². The van der Waals surface area contributed by atoms with Gasteiger partial charge in [-0.1, -0.05) is 6.42 Å². The molecule has 0 bridgehead atoms. The predicted molar refractivity (Wildman–Crippen MR) is 67.3 cm³/mol. The fourth-order valence-corrected chi connectivity index (χ4v) is 2.29. The van der Waals surface area contributed by atoms with Gasteiger partial charge >= 0.3 is 0 Å². The maximum absolute atomic E-state index is 11.3. The van der Waals surface area contributed by atoms with Crippen LogP contribution in [-0.4, -0.2) is 40.9 Å². The zero-order chi connectivity index (χ0) is 13.0. The van der Waals surface area contributed by atoms with Gasteiger partial charge in [0.1, 0.15) is 5.82 Å². The highest BCUT2D eigenvalue weighted by Crippen LogP contribution is 2.27. The molecule has 98 valence electrons. The van der Waals surface area contributed by atoms with Crippen molar-refractivity contribution in [3.05, 3.63) is 17.8 Å². The summed E-state index contributed by atoms with van der Waals surface area (Å²) in [5.74, 6) is 0.682. The van der Waals surface area contributed by atoms with Crippen LogP contribution >= 0.6 is 0 Å². The predicted octanol–water partition coefficient (Wildman–Crippen LogP) is 0.409. The molecule has 3 N–H and O–H groups in total. The highest BCUT2D eigenvalue weighted by Gasteiger charge is 2.26. The number of hydrogen-bond donors (Lipinski definition) is 3. The molecule has 2 rings (SSSR count).